The van der Waals surface area contributed by atoms with Gasteiger partial charge in [-0.2, -0.15) is 0 Å². The summed E-state index contributed by atoms with van der Waals surface area (Å²) in [6, 6.07) is 8.00. The number of hydrogen-bond acceptors (Lipinski definition) is 5. The van der Waals surface area contributed by atoms with E-state index in [1.165, 1.54) is 10.5 Å². The molecule has 3 amide bonds. The molecule has 4 atom stereocenters. The Labute approximate surface area is 173 Å². The molecule has 2 N–H and O–H groups in total. The fourth-order valence-corrected chi connectivity index (χ4v) is 5.17. The molecule has 2 aliphatic heterocycles. The maximum absolute atomic E-state index is 12.9. The van der Waals surface area contributed by atoms with E-state index in [9.17, 15) is 9.59 Å². The molecule has 4 unspecified atom stereocenters. The topological polar surface area (TPSA) is 64.7 Å². The first-order valence-corrected chi connectivity index (χ1v) is 11.2. The Hall–Kier alpha value is -1.09. The van der Waals surface area contributed by atoms with Crippen LogP contribution in [0.5, 0.6) is 0 Å². The highest BCUT2D eigenvalue weighted by atomic mass is 79.9. The minimum absolute atomic E-state index is 0.0488. The maximum atomic E-state index is 12.9. The lowest BCUT2D eigenvalue weighted by Crippen LogP contribution is -2.74. The monoisotopic (exact) mass is 454 g/mol. The number of fused-ring (bicyclic) bond motifs is 1. The van der Waals surface area contributed by atoms with Gasteiger partial charge in [-0.25, -0.2) is 4.79 Å². The minimum atomic E-state index is -0.309. The summed E-state index contributed by atoms with van der Waals surface area (Å²) in [4.78, 5) is 28.2. The smallest absolute Gasteiger partial charge is 0.311 e. The lowest BCUT2D eigenvalue weighted by Gasteiger charge is -2.50. The van der Waals surface area contributed by atoms with Crippen molar-refractivity contribution in [1.29, 1.82) is 0 Å². The molecule has 1 aromatic rings. The van der Waals surface area contributed by atoms with Crippen molar-refractivity contribution in [2.45, 2.75) is 49.6 Å². The molecule has 8 heteroatoms. The van der Waals surface area contributed by atoms with Crippen LogP contribution in [0.1, 0.15) is 31.7 Å². The number of halogens is 1. The molecule has 0 radical (unpaired) electrons. The zero-order chi connectivity index (χ0) is 19.6. The van der Waals surface area contributed by atoms with Crippen LogP contribution in [0.15, 0.2) is 28.7 Å². The van der Waals surface area contributed by atoms with Gasteiger partial charge in [0.2, 0.25) is 5.91 Å². The number of nitrogens with zero attached hydrogens (tertiary/aromatic N) is 2. The average Bonchev–Trinajstić information content (AvgIpc) is 2.68. The number of rotatable bonds is 6. The molecule has 3 rings (SSSR count). The van der Waals surface area contributed by atoms with Crippen molar-refractivity contribution in [3.8, 4) is 0 Å². The average molecular weight is 455 g/mol. The molecule has 6 nitrogen and oxygen atoms in total. The number of carbonyl (C=O) groups excluding carboxylic acids is 2. The summed E-state index contributed by atoms with van der Waals surface area (Å²) in [5.74, 6) is 0.380. The van der Waals surface area contributed by atoms with Crippen molar-refractivity contribution < 1.29 is 9.59 Å². The van der Waals surface area contributed by atoms with E-state index in [1.807, 2.05) is 12.1 Å². The van der Waals surface area contributed by atoms with Crippen molar-refractivity contribution in [3.63, 3.8) is 0 Å². The third kappa shape index (κ3) is 4.50. The minimum Gasteiger partial charge on any atom is -0.311 e. The van der Waals surface area contributed by atoms with E-state index < -0.39 is 0 Å². The molecule has 0 aliphatic carbocycles. The van der Waals surface area contributed by atoms with Crippen LogP contribution < -0.4 is 10.6 Å². The van der Waals surface area contributed by atoms with Crippen LogP contribution >= 0.6 is 27.7 Å². The highest BCUT2D eigenvalue weighted by molar-refractivity contribution is 9.10. The van der Waals surface area contributed by atoms with Crippen LogP contribution in [0.4, 0.5) is 4.79 Å². The molecule has 2 heterocycles. The number of unbranched alkanes of at least 4 members (excludes halogenated alkanes) is 1. The molecule has 0 saturated carbocycles. The number of amides is 3. The molecular formula is C19H27BrN4O2S. The molecule has 0 spiro atoms. The van der Waals surface area contributed by atoms with Gasteiger partial charge in [-0.3, -0.25) is 20.3 Å². The van der Waals surface area contributed by atoms with Crippen LogP contribution in [0, 0.1) is 5.92 Å². The number of hydrogen-bond donors (Lipinski definition) is 2. The summed E-state index contributed by atoms with van der Waals surface area (Å²) in [7, 11) is 3.34. The largest absolute Gasteiger partial charge is 0.327 e. The summed E-state index contributed by atoms with van der Waals surface area (Å²) in [6.45, 7) is 2.17. The zero-order valence-electron chi connectivity index (χ0n) is 15.9. The fraction of sp³-hybridized carbons (Fsp3) is 0.579. The van der Waals surface area contributed by atoms with E-state index >= 15 is 0 Å². The van der Waals surface area contributed by atoms with Gasteiger partial charge in [0.05, 0.1) is 23.6 Å². The van der Waals surface area contributed by atoms with Crippen molar-refractivity contribution >= 4 is 39.6 Å². The van der Waals surface area contributed by atoms with Gasteiger partial charge in [-0.15, -0.1) is 11.8 Å². The third-order valence-corrected chi connectivity index (χ3v) is 7.03. The van der Waals surface area contributed by atoms with Crippen molar-refractivity contribution in [1.82, 2.24) is 20.4 Å². The van der Waals surface area contributed by atoms with Crippen LogP contribution in [0.25, 0.3) is 0 Å². The van der Waals surface area contributed by atoms with Crippen LogP contribution in [0.2, 0.25) is 0 Å². The number of nitrogens with one attached hydrogen (secondary N) is 2. The molecule has 2 saturated heterocycles. The number of imide groups is 1. The highest BCUT2D eigenvalue weighted by Crippen LogP contribution is 2.33. The second-order valence-electron chi connectivity index (χ2n) is 7.15. The SMILES string of the molecule is CCCCC1NC(SCc2ccc(Br)cc2)C2C(=O)N(C)C(=O)N(C)C2N1. The Morgan fingerprint density at radius 3 is 2.52 bits per heavy atom. The van der Waals surface area contributed by atoms with Crippen LogP contribution in [-0.2, 0) is 10.5 Å². The van der Waals surface area contributed by atoms with Gasteiger partial charge < -0.3 is 4.90 Å². The fourth-order valence-electron chi connectivity index (χ4n) is 3.61. The predicted octanol–water partition coefficient (Wildman–Crippen LogP) is 3.18. The van der Waals surface area contributed by atoms with Crippen LogP contribution in [0.3, 0.4) is 0 Å². The number of benzene rings is 1. The molecule has 2 aliphatic rings. The Balaban J connectivity index is 1.78. The molecule has 2 fully saturated rings. The standard InChI is InChI=1S/C19H27BrN4O2S/c1-4-5-6-14-21-16-15(18(25)24(3)19(26)23(16)2)17(22-14)27-11-12-7-9-13(20)10-8-12/h7-10,14-17,21-22H,4-6,11H2,1-3H3. The van der Waals surface area contributed by atoms with Gasteiger partial charge >= 0.3 is 6.03 Å². The normalized spacial score (nSPS) is 28.4. The van der Waals surface area contributed by atoms with Crippen LogP contribution in [-0.4, -0.2) is 53.5 Å². The zero-order valence-corrected chi connectivity index (χ0v) is 18.3. The molecule has 1 aromatic carbocycles. The van der Waals surface area contributed by atoms with Gasteiger partial charge in [0.25, 0.3) is 0 Å². The number of thioether (sulfide) groups is 1. The van der Waals surface area contributed by atoms with E-state index in [0.717, 1.165) is 29.5 Å². The van der Waals surface area contributed by atoms with E-state index in [4.69, 9.17) is 0 Å². The first kappa shape index (κ1) is 20.6. The molecule has 27 heavy (non-hydrogen) atoms. The molecule has 0 aromatic heterocycles. The van der Waals surface area contributed by atoms with E-state index in [0.29, 0.717) is 0 Å². The second kappa shape index (κ2) is 8.94. The van der Waals surface area contributed by atoms with Crippen molar-refractivity contribution in [2.24, 2.45) is 5.92 Å². The Morgan fingerprint density at radius 1 is 1.15 bits per heavy atom. The summed E-state index contributed by atoms with van der Waals surface area (Å²) < 4.78 is 1.06. The first-order chi connectivity index (χ1) is 12.9. The lowest BCUT2D eigenvalue weighted by molar-refractivity contribution is -0.140. The van der Waals surface area contributed by atoms with E-state index in [2.05, 4.69) is 45.6 Å². The van der Waals surface area contributed by atoms with Gasteiger partial charge in [0.1, 0.15) is 0 Å². The summed E-state index contributed by atoms with van der Waals surface area (Å²) in [5, 5.41) is 7.05. The first-order valence-electron chi connectivity index (χ1n) is 9.35. The van der Waals surface area contributed by atoms with Gasteiger partial charge in [-0.05, 0) is 24.1 Å². The Bertz CT molecular complexity index is 687. The molecule has 0 bridgehead atoms. The van der Waals surface area contributed by atoms with Crippen molar-refractivity contribution in [3.05, 3.63) is 34.3 Å². The quantitative estimate of drug-likeness (QED) is 0.690. The Kier molecular flexibility index (Phi) is 6.83. The second-order valence-corrected chi connectivity index (χ2v) is 9.19. The molecular weight excluding hydrogens is 428 g/mol. The van der Waals surface area contributed by atoms with Gasteiger partial charge in [0, 0.05) is 24.3 Å². The summed E-state index contributed by atoms with van der Waals surface area (Å²) >= 11 is 5.20. The maximum Gasteiger partial charge on any atom is 0.327 e. The third-order valence-electron chi connectivity index (χ3n) is 5.21. The summed E-state index contributed by atoms with van der Waals surface area (Å²) in [6.07, 6.45) is 3.01. The Morgan fingerprint density at radius 2 is 1.85 bits per heavy atom. The highest BCUT2D eigenvalue weighted by Gasteiger charge is 2.50. The van der Waals surface area contributed by atoms with E-state index in [1.54, 1.807) is 30.8 Å². The van der Waals surface area contributed by atoms with Gasteiger partial charge in [0.15, 0.2) is 0 Å². The van der Waals surface area contributed by atoms with Gasteiger partial charge in [-0.1, -0.05) is 47.8 Å². The number of carbonyl (C=O) groups is 2. The summed E-state index contributed by atoms with van der Waals surface area (Å²) in [5.41, 5.74) is 1.21. The lowest BCUT2D eigenvalue weighted by atomic mass is 9.96. The van der Waals surface area contributed by atoms with E-state index in [-0.39, 0.29) is 35.6 Å². The molecule has 148 valence electrons. The van der Waals surface area contributed by atoms with Crippen molar-refractivity contribution in [2.75, 3.05) is 14.1 Å². The number of urea groups is 1. The predicted molar refractivity (Wildman–Crippen MR) is 112 cm³/mol.